The quantitative estimate of drug-likeness (QED) is 0.884. The Hall–Kier alpha value is -1.06. The molecule has 0 aliphatic carbocycles. The van der Waals surface area contributed by atoms with E-state index in [9.17, 15) is 0 Å². The molecule has 0 saturated carbocycles. The summed E-state index contributed by atoms with van der Waals surface area (Å²) < 4.78 is 5.47. The van der Waals surface area contributed by atoms with Crippen LogP contribution in [-0.2, 0) is 6.54 Å². The van der Waals surface area contributed by atoms with Crippen LogP contribution in [0.2, 0.25) is 0 Å². The predicted molar refractivity (Wildman–Crippen MR) is 74.9 cm³/mol. The average molecular weight is 248 g/mol. The molecule has 0 radical (unpaired) electrons. The summed E-state index contributed by atoms with van der Waals surface area (Å²) in [6.45, 7) is 10.5. The summed E-state index contributed by atoms with van der Waals surface area (Å²) in [7, 11) is 0. The van der Waals surface area contributed by atoms with Crippen LogP contribution in [-0.4, -0.2) is 36.7 Å². The maximum absolute atomic E-state index is 5.47. The summed E-state index contributed by atoms with van der Waals surface area (Å²) in [5.41, 5.74) is 1.36. The van der Waals surface area contributed by atoms with Crippen LogP contribution in [0.1, 0.15) is 26.3 Å². The van der Waals surface area contributed by atoms with Crippen LogP contribution in [0.4, 0.5) is 0 Å². The Bertz CT molecular complexity index is 363. The van der Waals surface area contributed by atoms with Gasteiger partial charge in [0.15, 0.2) is 0 Å². The van der Waals surface area contributed by atoms with E-state index >= 15 is 0 Å². The van der Waals surface area contributed by atoms with Gasteiger partial charge < -0.3 is 10.1 Å². The van der Waals surface area contributed by atoms with Crippen LogP contribution >= 0.6 is 0 Å². The zero-order valence-electron chi connectivity index (χ0n) is 11.6. The number of hydrogen-bond acceptors (Lipinski definition) is 3. The van der Waals surface area contributed by atoms with Crippen molar-refractivity contribution in [2.24, 2.45) is 0 Å². The molecule has 1 aliphatic rings. The molecule has 0 aromatic heterocycles. The van der Waals surface area contributed by atoms with Gasteiger partial charge in [-0.25, -0.2) is 0 Å². The van der Waals surface area contributed by atoms with Gasteiger partial charge in [0.05, 0.1) is 6.61 Å². The van der Waals surface area contributed by atoms with Crippen molar-refractivity contribution in [1.82, 2.24) is 10.2 Å². The first kappa shape index (κ1) is 13.4. The number of benzene rings is 1. The van der Waals surface area contributed by atoms with Crippen LogP contribution in [0, 0.1) is 0 Å². The number of hydrogen-bond donors (Lipinski definition) is 1. The predicted octanol–water partition coefficient (Wildman–Crippen LogP) is 2.27. The van der Waals surface area contributed by atoms with Crippen molar-refractivity contribution in [3.05, 3.63) is 29.8 Å². The van der Waals surface area contributed by atoms with Gasteiger partial charge >= 0.3 is 0 Å². The van der Waals surface area contributed by atoms with Gasteiger partial charge in [-0.1, -0.05) is 12.1 Å². The second-order valence-electron chi connectivity index (χ2n) is 5.03. The summed E-state index contributed by atoms with van der Waals surface area (Å²) >= 11 is 0. The molecular formula is C15H24N2O. The minimum atomic E-state index is 0.571. The summed E-state index contributed by atoms with van der Waals surface area (Å²) in [4.78, 5) is 2.54. The molecule has 3 nitrogen and oxygen atoms in total. The molecule has 1 aromatic rings. The number of piperazine rings is 1. The molecule has 2 rings (SSSR count). The van der Waals surface area contributed by atoms with Crippen molar-refractivity contribution in [1.29, 1.82) is 0 Å². The van der Waals surface area contributed by atoms with Gasteiger partial charge in [-0.2, -0.15) is 0 Å². The van der Waals surface area contributed by atoms with E-state index in [0.717, 1.165) is 32.0 Å². The Balaban J connectivity index is 1.96. The molecule has 1 aliphatic heterocycles. The van der Waals surface area contributed by atoms with Gasteiger partial charge in [-0.15, -0.1) is 0 Å². The highest BCUT2D eigenvalue weighted by Gasteiger charge is 2.23. The minimum Gasteiger partial charge on any atom is -0.494 e. The number of nitrogens with zero attached hydrogens (tertiary/aromatic N) is 1. The van der Waals surface area contributed by atoms with Crippen molar-refractivity contribution >= 4 is 0 Å². The lowest BCUT2D eigenvalue weighted by molar-refractivity contribution is 0.131. The van der Waals surface area contributed by atoms with Crippen LogP contribution in [0.3, 0.4) is 0 Å². The lowest BCUT2D eigenvalue weighted by atomic mass is 10.1. The molecule has 0 spiro atoms. The maximum atomic E-state index is 5.47. The molecule has 2 atom stereocenters. The Morgan fingerprint density at radius 1 is 1.28 bits per heavy atom. The molecule has 3 heteroatoms. The highest BCUT2D eigenvalue weighted by molar-refractivity contribution is 5.27. The summed E-state index contributed by atoms with van der Waals surface area (Å²) in [6, 6.07) is 9.63. The van der Waals surface area contributed by atoms with Crippen LogP contribution in [0.25, 0.3) is 0 Å². The molecule has 1 N–H and O–H groups in total. The molecular weight excluding hydrogens is 224 g/mol. The van der Waals surface area contributed by atoms with Gasteiger partial charge in [0, 0.05) is 31.7 Å². The molecule has 1 heterocycles. The molecule has 1 aromatic carbocycles. The van der Waals surface area contributed by atoms with Crippen LogP contribution in [0.5, 0.6) is 5.75 Å². The Labute approximate surface area is 110 Å². The fourth-order valence-corrected chi connectivity index (χ4v) is 2.44. The first-order valence-electron chi connectivity index (χ1n) is 6.90. The zero-order chi connectivity index (χ0) is 13.0. The van der Waals surface area contributed by atoms with Crippen molar-refractivity contribution in [3.8, 4) is 5.75 Å². The fourth-order valence-electron chi connectivity index (χ4n) is 2.44. The number of rotatable bonds is 4. The van der Waals surface area contributed by atoms with Gasteiger partial charge in [-0.05, 0) is 38.5 Å². The highest BCUT2D eigenvalue weighted by atomic mass is 16.5. The molecule has 2 unspecified atom stereocenters. The standard InChI is InChI=1S/C15H24N2O/c1-4-18-15-7-5-14(6-8-15)11-17-10-9-16-12(2)13(17)3/h5-8,12-13,16H,4,9-11H2,1-3H3. The van der Waals surface area contributed by atoms with Crippen molar-refractivity contribution in [3.63, 3.8) is 0 Å². The maximum Gasteiger partial charge on any atom is 0.119 e. The third-order valence-corrected chi connectivity index (χ3v) is 3.78. The fraction of sp³-hybridized carbons (Fsp3) is 0.600. The van der Waals surface area contributed by atoms with Crippen LogP contribution in [0.15, 0.2) is 24.3 Å². The molecule has 1 fully saturated rings. The Morgan fingerprint density at radius 3 is 2.67 bits per heavy atom. The number of nitrogens with one attached hydrogen (secondary N) is 1. The van der Waals surface area contributed by atoms with E-state index in [0.29, 0.717) is 12.1 Å². The van der Waals surface area contributed by atoms with Crippen LogP contribution < -0.4 is 10.1 Å². The third kappa shape index (κ3) is 3.24. The van der Waals surface area contributed by atoms with Gasteiger partial charge in [0.25, 0.3) is 0 Å². The SMILES string of the molecule is CCOc1ccc(CN2CCNC(C)C2C)cc1. The topological polar surface area (TPSA) is 24.5 Å². The first-order valence-corrected chi connectivity index (χ1v) is 6.90. The van der Waals surface area contributed by atoms with Crippen molar-refractivity contribution in [2.45, 2.75) is 39.4 Å². The largest absolute Gasteiger partial charge is 0.494 e. The molecule has 18 heavy (non-hydrogen) atoms. The lowest BCUT2D eigenvalue weighted by Gasteiger charge is -2.38. The second kappa shape index (κ2) is 6.21. The van der Waals surface area contributed by atoms with E-state index < -0.39 is 0 Å². The second-order valence-corrected chi connectivity index (χ2v) is 5.03. The third-order valence-electron chi connectivity index (χ3n) is 3.78. The lowest BCUT2D eigenvalue weighted by Crippen LogP contribution is -2.54. The van der Waals surface area contributed by atoms with Crippen molar-refractivity contribution < 1.29 is 4.74 Å². The minimum absolute atomic E-state index is 0.571. The molecule has 0 amide bonds. The Kier molecular flexibility index (Phi) is 4.61. The average Bonchev–Trinajstić information content (AvgIpc) is 2.38. The molecule has 100 valence electrons. The highest BCUT2D eigenvalue weighted by Crippen LogP contribution is 2.16. The molecule has 0 bridgehead atoms. The van der Waals surface area contributed by atoms with E-state index in [1.807, 2.05) is 6.92 Å². The van der Waals surface area contributed by atoms with Gasteiger partial charge in [0.1, 0.15) is 5.75 Å². The zero-order valence-corrected chi connectivity index (χ0v) is 11.6. The normalized spacial score (nSPS) is 25.1. The monoisotopic (exact) mass is 248 g/mol. The summed E-state index contributed by atoms with van der Waals surface area (Å²) in [5, 5.41) is 3.51. The summed E-state index contributed by atoms with van der Waals surface area (Å²) in [6.07, 6.45) is 0. The van der Waals surface area contributed by atoms with E-state index in [2.05, 4.69) is 48.3 Å². The van der Waals surface area contributed by atoms with Crippen molar-refractivity contribution in [2.75, 3.05) is 19.7 Å². The van der Waals surface area contributed by atoms with E-state index in [-0.39, 0.29) is 0 Å². The van der Waals surface area contributed by atoms with Gasteiger partial charge in [-0.3, -0.25) is 4.90 Å². The Morgan fingerprint density at radius 2 is 2.00 bits per heavy atom. The van der Waals surface area contributed by atoms with E-state index in [1.54, 1.807) is 0 Å². The van der Waals surface area contributed by atoms with E-state index in [4.69, 9.17) is 4.74 Å². The smallest absolute Gasteiger partial charge is 0.119 e. The summed E-state index contributed by atoms with van der Waals surface area (Å²) in [5.74, 6) is 0.961. The first-order chi connectivity index (χ1) is 8.70. The molecule has 1 saturated heterocycles. The van der Waals surface area contributed by atoms with Gasteiger partial charge in [0.2, 0.25) is 0 Å². The number of ether oxygens (including phenoxy) is 1. The van der Waals surface area contributed by atoms with E-state index in [1.165, 1.54) is 5.56 Å².